The predicted octanol–water partition coefficient (Wildman–Crippen LogP) is 1.06. The molecule has 1 saturated carbocycles. The minimum atomic E-state index is -1.23. The Morgan fingerprint density at radius 1 is 1.42 bits per heavy atom. The van der Waals surface area contributed by atoms with Crippen LogP contribution in [-0.4, -0.2) is 23.3 Å². The molecule has 1 aliphatic carbocycles. The summed E-state index contributed by atoms with van der Waals surface area (Å²) in [6.45, 7) is 3.18. The molecule has 3 heteroatoms. The molecular weight excluding hydrogens is 156 g/mol. The van der Waals surface area contributed by atoms with Crippen LogP contribution in [-0.2, 0) is 9.53 Å². The summed E-state index contributed by atoms with van der Waals surface area (Å²) in [4.78, 5) is 10.9. The molecule has 0 aromatic rings. The monoisotopic (exact) mass is 171 g/mol. The van der Waals surface area contributed by atoms with Crippen LogP contribution in [0.25, 0.3) is 0 Å². The van der Waals surface area contributed by atoms with Crippen LogP contribution in [0.5, 0.6) is 0 Å². The summed E-state index contributed by atoms with van der Waals surface area (Å²) in [5.74, 6) is -0.595. The molecule has 0 amide bonds. The fraction of sp³-hybridized carbons (Fsp3) is 0.778. The van der Waals surface area contributed by atoms with Crippen molar-refractivity contribution in [1.82, 2.24) is 0 Å². The van der Waals surface area contributed by atoms with Gasteiger partial charge in [-0.3, -0.25) is 0 Å². The zero-order chi connectivity index (χ0) is 8.97. The average molecular weight is 171 g/mol. The Morgan fingerprint density at radius 2 is 2.00 bits per heavy atom. The van der Waals surface area contributed by atoms with Crippen molar-refractivity contribution in [2.24, 2.45) is 0 Å². The molecule has 12 heavy (non-hydrogen) atoms. The average Bonchev–Trinajstić information content (AvgIpc) is 2.06. The Hall–Kier alpha value is -0.570. The largest absolute Gasteiger partial charge is 0.460 e. The molecule has 0 aromatic heterocycles. The summed E-state index contributed by atoms with van der Waals surface area (Å²) in [5, 5.41) is 8.77. The van der Waals surface area contributed by atoms with Crippen LogP contribution < -0.4 is 0 Å². The second-order valence-corrected chi connectivity index (χ2v) is 3.21. The van der Waals surface area contributed by atoms with E-state index in [1.165, 1.54) is 6.42 Å². The van der Waals surface area contributed by atoms with Crippen molar-refractivity contribution < 1.29 is 14.6 Å². The third-order valence-corrected chi connectivity index (χ3v) is 2.11. The molecular formula is C9H15O3. The maximum atomic E-state index is 10.9. The Morgan fingerprint density at radius 3 is 2.50 bits per heavy atom. The molecule has 1 aliphatic rings. The fourth-order valence-corrected chi connectivity index (χ4v) is 1.43. The van der Waals surface area contributed by atoms with Crippen molar-refractivity contribution in [2.45, 2.75) is 44.3 Å². The van der Waals surface area contributed by atoms with Crippen molar-refractivity contribution >= 4 is 5.97 Å². The van der Waals surface area contributed by atoms with Crippen LogP contribution in [0.15, 0.2) is 0 Å². The summed E-state index contributed by atoms with van der Waals surface area (Å²) in [6.07, 6.45) is 4.10. The van der Waals surface area contributed by atoms with Crippen molar-refractivity contribution in [2.75, 3.05) is 0 Å². The van der Waals surface area contributed by atoms with Gasteiger partial charge in [0, 0.05) is 0 Å². The number of hydrogen-bond acceptors (Lipinski definition) is 3. The maximum Gasteiger partial charge on any atom is 0.335 e. The summed E-state index contributed by atoms with van der Waals surface area (Å²) < 4.78 is 5.00. The Balaban J connectivity index is 2.24. The van der Waals surface area contributed by atoms with Crippen LogP contribution in [0, 0.1) is 6.92 Å². The molecule has 0 spiro atoms. The van der Waals surface area contributed by atoms with E-state index in [0.717, 1.165) is 25.7 Å². The second kappa shape index (κ2) is 4.45. The van der Waals surface area contributed by atoms with Crippen LogP contribution in [0.4, 0.5) is 0 Å². The maximum absolute atomic E-state index is 10.9. The third kappa shape index (κ3) is 2.81. The zero-order valence-corrected chi connectivity index (χ0v) is 7.16. The van der Waals surface area contributed by atoms with Crippen molar-refractivity contribution in [1.29, 1.82) is 0 Å². The van der Waals surface area contributed by atoms with Gasteiger partial charge in [-0.05, 0) is 32.6 Å². The van der Waals surface area contributed by atoms with Crippen LogP contribution in [0.3, 0.4) is 0 Å². The molecule has 1 unspecified atom stereocenters. The van der Waals surface area contributed by atoms with Gasteiger partial charge in [-0.1, -0.05) is 6.42 Å². The van der Waals surface area contributed by atoms with E-state index in [1.54, 1.807) is 0 Å². The lowest BCUT2D eigenvalue weighted by Crippen LogP contribution is -2.27. The first kappa shape index (κ1) is 9.52. The molecule has 69 valence electrons. The van der Waals surface area contributed by atoms with E-state index in [4.69, 9.17) is 9.84 Å². The molecule has 0 bridgehead atoms. The van der Waals surface area contributed by atoms with Crippen molar-refractivity contribution in [3.05, 3.63) is 6.92 Å². The highest BCUT2D eigenvalue weighted by Gasteiger charge is 2.19. The van der Waals surface area contributed by atoms with Gasteiger partial charge in [0.05, 0.1) is 0 Å². The van der Waals surface area contributed by atoms with Crippen molar-refractivity contribution in [3.8, 4) is 0 Å². The number of aliphatic hydroxyl groups is 1. The molecule has 0 aromatic carbocycles. The van der Waals surface area contributed by atoms with E-state index in [2.05, 4.69) is 6.92 Å². The minimum Gasteiger partial charge on any atom is -0.460 e. The molecule has 0 aliphatic heterocycles. The quantitative estimate of drug-likeness (QED) is 0.632. The highest BCUT2D eigenvalue weighted by Crippen LogP contribution is 2.20. The number of rotatable bonds is 2. The van der Waals surface area contributed by atoms with Gasteiger partial charge in [0.2, 0.25) is 0 Å². The predicted molar refractivity (Wildman–Crippen MR) is 44.3 cm³/mol. The third-order valence-electron chi connectivity index (χ3n) is 2.11. The molecule has 3 nitrogen and oxygen atoms in total. The van der Waals surface area contributed by atoms with E-state index >= 15 is 0 Å². The Labute approximate surface area is 72.7 Å². The molecule has 1 fully saturated rings. The van der Waals surface area contributed by atoms with Crippen LogP contribution in [0.1, 0.15) is 32.1 Å². The molecule has 1 rings (SSSR count). The number of ether oxygens (including phenoxy) is 1. The first-order valence-electron chi connectivity index (χ1n) is 4.42. The Bertz CT molecular complexity index is 148. The minimum absolute atomic E-state index is 0.0163. The summed E-state index contributed by atoms with van der Waals surface area (Å²) >= 11 is 0. The Kier molecular flexibility index (Phi) is 3.53. The van der Waals surface area contributed by atoms with Crippen LogP contribution >= 0.6 is 0 Å². The van der Waals surface area contributed by atoms with E-state index in [9.17, 15) is 4.79 Å². The zero-order valence-electron chi connectivity index (χ0n) is 7.16. The van der Waals surface area contributed by atoms with E-state index in [1.807, 2.05) is 0 Å². The standard InChI is InChI=1S/C9H15O3/c1-7(10)9(11)12-8-5-3-2-4-6-8/h7-8,10H,1-6H2. The molecule has 1 atom stereocenters. The smallest absolute Gasteiger partial charge is 0.335 e. The van der Waals surface area contributed by atoms with Gasteiger partial charge in [-0.2, -0.15) is 0 Å². The van der Waals surface area contributed by atoms with E-state index < -0.39 is 12.1 Å². The number of esters is 1. The molecule has 1 N–H and O–H groups in total. The first-order chi connectivity index (χ1) is 5.70. The number of carbonyl (C=O) groups is 1. The lowest BCUT2D eigenvalue weighted by atomic mass is 9.98. The van der Waals surface area contributed by atoms with Gasteiger partial charge < -0.3 is 9.84 Å². The number of aliphatic hydroxyl groups excluding tert-OH is 1. The normalized spacial score (nSPS) is 21.8. The van der Waals surface area contributed by atoms with Gasteiger partial charge in [-0.15, -0.1) is 0 Å². The number of hydrogen-bond donors (Lipinski definition) is 1. The lowest BCUT2D eigenvalue weighted by molar-refractivity contribution is -0.158. The molecule has 1 radical (unpaired) electrons. The second-order valence-electron chi connectivity index (χ2n) is 3.21. The van der Waals surface area contributed by atoms with E-state index in [-0.39, 0.29) is 6.10 Å². The molecule has 0 heterocycles. The highest BCUT2D eigenvalue weighted by molar-refractivity contribution is 5.75. The SMILES string of the molecule is [CH2]C(O)C(=O)OC1CCCCC1. The van der Waals surface area contributed by atoms with Gasteiger partial charge in [0.15, 0.2) is 6.10 Å². The topological polar surface area (TPSA) is 46.5 Å². The van der Waals surface area contributed by atoms with Gasteiger partial charge in [0.25, 0.3) is 0 Å². The van der Waals surface area contributed by atoms with Gasteiger partial charge in [-0.25, -0.2) is 4.79 Å². The van der Waals surface area contributed by atoms with Crippen LogP contribution in [0.2, 0.25) is 0 Å². The van der Waals surface area contributed by atoms with E-state index in [0.29, 0.717) is 0 Å². The molecule has 0 saturated heterocycles. The summed E-state index contributed by atoms with van der Waals surface area (Å²) in [6, 6.07) is 0. The van der Waals surface area contributed by atoms with Gasteiger partial charge in [0.1, 0.15) is 6.10 Å². The highest BCUT2D eigenvalue weighted by atomic mass is 16.6. The number of carbonyl (C=O) groups excluding carboxylic acids is 1. The lowest BCUT2D eigenvalue weighted by Gasteiger charge is -2.22. The van der Waals surface area contributed by atoms with Gasteiger partial charge >= 0.3 is 5.97 Å². The summed E-state index contributed by atoms with van der Waals surface area (Å²) in [5.41, 5.74) is 0. The fourth-order valence-electron chi connectivity index (χ4n) is 1.43. The summed E-state index contributed by atoms with van der Waals surface area (Å²) in [7, 11) is 0. The van der Waals surface area contributed by atoms with Crippen molar-refractivity contribution in [3.63, 3.8) is 0 Å². The first-order valence-corrected chi connectivity index (χ1v) is 4.42.